The number of aromatic nitrogens is 2. The summed E-state index contributed by atoms with van der Waals surface area (Å²) in [5.41, 5.74) is 9.47. The summed E-state index contributed by atoms with van der Waals surface area (Å²) in [6, 6.07) is 17.7. The summed E-state index contributed by atoms with van der Waals surface area (Å²) in [4.78, 5) is 0.964. The van der Waals surface area contributed by atoms with Gasteiger partial charge in [0, 0.05) is 0 Å². The molecule has 0 spiro atoms. The van der Waals surface area contributed by atoms with Gasteiger partial charge in [0.05, 0.1) is 29.2 Å². The Balaban J connectivity index is 1.53. The molecule has 1 aliphatic rings. The number of benzene rings is 2. The molecule has 0 saturated heterocycles. The highest BCUT2D eigenvalue weighted by molar-refractivity contribution is 7.13. The van der Waals surface area contributed by atoms with E-state index < -0.39 is 5.92 Å². The summed E-state index contributed by atoms with van der Waals surface area (Å²) in [6.45, 7) is 0.248. The maximum Gasteiger partial charge on any atom is 0.244 e. The minimum Gasteiger partial charge on any atom is -0.493 e. The Morgan fingerprint density at radius 2 is 2.03 bits per heavy atom. The number of allylic oxidation sites excluding steroid dienone is 1. The average molecular weight is 475 g/mol. The third-order valence-corrected chi connectivity index (χ3v) is 6.42. The summed E-state index contributed by atoms with van der Waals surface area (Å²) in [6.07, 6.45) is 0. The molecule has 9 heteroatoms. The van der Waals surface area contributed by atoms with Gasteiger partial charge < -0.3 is 19.9 Å². The fourth-order valence-corrected chi connectivity index (χ4v) is 4.65. The Labute approximate surface area is 198 Å². The van der Waals surface area contributed by atoms with Crippen molar-refractivity contribution in [1.29, 1.82) is 5.26 Å². The van der Waals surface area contributed by atoms with Crippen LogP contribution in [0.3, 0.4) is 0 Å². The lowest BCUT2D eigenvalue weighted by atomic mass is 9.83. The zero-order valence-electron chi connectivity index (χ0n) is 18.0. The molecule has 2 aromatic heterocycles. The maximum atomic E-state index is 13.2. The van der Waals surface area contributed by atoms with Gasteiger partial charge in [0.2, 0.25) is 11.8 Å². The number of nitrogens with two attached hydrogens (primary N) is 1. The van der Waals surface area contributed by atoms with E-state index >= 15 is 0 Å². The number of nitrogens with zero attached hydrogens (tertiary/aromatic N) is 2. The molecule has 0 bridgehead atoms. The smallest absolute Gasteiger partial charge is 0.244 e. The molecule has 0 aliphatic carbocycles. The van der Waals surface area contributed by atoms with Crippen molar-refractivity contribution in [3.05, 3.63) is 93.9 Å². The van der Waals surface area contributed by atoms with Crippen molar-refractivity contribution in [1.82, 2.24) is 10.2 Å². The summed E-state index contributed by atoms with van der Waals surface area (Å²) < 4.78 is 30.3. The summed E-state index contributed by atoms with van der Waals surface area (Å²) in [7, 11) is 1.55. The van der Waals surface area contributed by atoms with Gasteiger partial charge in [-0.15, -0.1) is 16.4 Å². The number of hydrogen-bond acceptors (Lipinski definition) is 7. The fraction of sp³-hybridized carbons (Fsp3) is 0.120. The van der Waals surface area contributed by atoms with Crippen molar-refractivity contribution in [3.8, 4) is 34.0 Å². The van der Waals surface area contributed by atoms with Gasteiger partial charge in [0.15, 0.2) is 11.5 Å². The highest BCUT2D eigenvalue weighted by Gasteiger charge is 2.36. The molecule has 1 aliphatic heterocycles. The van der Waals surface area contributed by atoms with Gasteiger partial charge in [-0.3, -0.25) is 5.10 Å². The van der Waals surface area contributed by atoms with E-state index in [0.717, 1.165) is 27.3 Å². The van der Waals surface area contributed by atoms with Crippen molar-refractivity contribution in [2.24, 2.45) is 5.73 Å². The molecule has 170 valence electrons. The predicted molar refractivity (Wildman–Crippen MR) is 125 cm³/mol. The summed E-state index contributed by atoms with van der Waals surface area (Å²) >= 11 is 1.55. The van der Waals surface area contributed by atoms with Crippen molar-refractivity contribution in [3.63, 3.8) is 0 Å². The first kappa shape index (κ1) is 21.6. The number of fused-ring (bicyclic) bond motifs is 1. The average Bonchev–Trinajstić information content (AvgIpc) is 3.52. The Morgan fingerprint density at radius 3 is 2.74 bits per heavy atom. The predicted octanol–water partition coefficient (Wildman–Crippen LogP) is 5.08. The maximum absolute atomic E-state index is 13.2. The zero-order chi connectivity index (χ0) is 23.7. The second kappa shape index (κ2) is 8.92. The Hall–Kier alpha value is -4.29. The van der Waals surface area contributed by atoms with Crippen molar-refractivity contribution >= 4 is 11.3 Å². The monoisotopic (exact) mass is 474 g/mol. The molecule has 34 heavy (non-hydrogen) atoms. The largest absolute Gasteiger partial charge is 0.493 e. The van der Waals surface area contributed by atoms with Crippen LogP contribution in [0.2, 0.25) is 0 Å². The van der Waals surface area contributed by atoms with Crippen molar-refractivity contribution < 1.29 is 18.6 Å². The van der Waals surface area contributed by atoms with Gasteiger partial charge in [-0.25, -0.2) is 4.39 Å². The topological polar surface area (TPSA) is 106 Å². The molecule has 0 saturated carbocycles. The Bertz CT molecular complexity index is 1410. The molecule has 0 amide bonds. The van der Waals surface area contributed by atoms with Gasteiger partial charge in [0.1, 0.15) is 24.1 Å². The number of nitriles is 1. The number of rotatable bonds is 6. The van der Waals surface area contributed by atoms with Gasteiger partial charge >= 0.3 is 0 Å². The summed E-state index contributed by atoms with van der Waals surface area (Å²) in [5, 5.41) is 19.2. The molecule has 3 heterocycles. The van der Waals surface area contributed by atoms with Crippen molar-refractivity contribution in [2.45, 2.75) is 12.5 Å². The highest BCUT2D eigenvalue weighted by atomic mass is 32.1. The molecular weight excluding hydrogens is 455 g/mol. The van der Waals surface area contributed by atoms with Crippen LogP contribution < -0.4 is 19.9 Å². The van der Waals surface area contributed by atoms with Crippen LogP contribution in [-0.4, -0.2) is 17.3 Å². The quantitative estimate of drug-likeness (QED) is 0.404. The third kappa shape index (κ3) is 3.84. The molecule has 1 unspecified atom stereocenters. The summed E-state index contributed by atoms with van der Waals surface area (Å²) in [5.74, 6) is 0.543. The Morgan fingerprint density at radius 1 is 1.21 bits per heavy atom. The molecule has 3 N–H and O–H groups in total. The first-order chi connectivity index (χ1) is 16.6. The van der Waals surface area contributed by atoms with Crippen LogP contribution in [0.25, 0.3) is 10.6 Å². The molecule has 2 aromatic carbocycles. The van der Waals surface area contributed by atoms with Crippen LogP contribution in [0.1, 0.15) is 22.6 Å². The van der Waals surface area contributed by atoms with Crippen molar-refractivity contribution in [2.75, 3.05) is 7.11 Å². The van der Waals surface area contributed by atoms with Gasteiger partial charge in [-0.1, -0.05) is 24.3 Å². The lowest BCUT2D eigenvalue weighted by Crippen LogP contribution is -2.21. The van der Waals surface area contributed by atoms with Crippen LogP contribution >= 0.6 is 11.3 Å². The van der Waals surface area contributed by atoms with E-state index in [1.807, 2.05) is 29.6 Å². The van der Waals surface area contributed by atoms with Gasteiger partial charge in [-0.05, 0) is 46.8 Å². The molecule has 4 aromatic rings. The second-order valence-corrected chi connectivity index (χ2v) is 8.49. The number of halogens is 1. The molecule has 0 fully saturated rings. The Kier molecular flexibility index (Phi) is 5.65. The molecule has 7 nitrogen and oxygen atoms in total. The van der Waals surface area contributed by atoms with Gasteiger partial charge in [0.25, 0.3) is 0 Å². The van der Waals surface area contributed by atoms with Crippen LogP contribution in [0.15, 0.2) is 71.4 Å². The first-order valence-corrected chi connectivity index (χ1v) is 11.2. The molecular formula is C25H19FN4O3S. The number of aromatic amines is 1. The van der Waals surface area contributed by atoms with Crippen LogP contribution in [0, 0.1) is 17.1 Å². The van der Waals surface area contributed by atoms with E-state index in [1.54, 1.807) is 36.6 Å². The van der Waals surface area contributed by atoms with Crippen LogP contribution in [-0.2, 0) is 6.61 Å². The number of hydrogen-bond donors (Lipinski definition) is 2. The molecule has 5 rings (SSSR count). The third-order valence-electron chi connectivity index (χ3n) is 5.54. The van der Waals surface area contributed by atoms with E-state index in [9.17, 15) is 9.65 Å². The van der Waals surface area contributed by atoms with E-state index in [-0.39, 0.29) is 23.9 Å². The highest BCUT2D eigenvalue weighted by Crippen LogP contribution is 2.47. The molecule has 0 radical (unpaired) electrons. The minimum absolute atomic E-state index is 0.0137. The SMILES string of the molecule is COc1cc(C2C(C#N)=C(N)Oc3n[nH]c(-c4cccs4)c32)ccc1OCc1ccc(F)cc1. The minimum atomic E-state index is -0.510. The first-order valence-electron chi connectivity index (χ1n) is 10.3. The van der Waals surface area contributed by atoms with E-state index in [0.29, 0.717) is 17.4 Å². The van der Waals surface area contributed by atoms with E-state index in [4.69, 9.17) is 19.9 Å². The standard InChI is InChI=1S/C25H19FN4O3S/c1-31-19-11-15(6-9-18(19)32-13-14-4-7-16(26)8-5-14)21-17(12-27)24(28)33-25-22(21)23(29-30-25)20-3-2-10-34-20/h2-11,21H,13,28H2,1H3,(H,29,30). The number of ether oxygens (including phenoxy) is 3. The van der Waals surface area contributed by atoms with Gasteiger partial charge in [-0.2, -0.15) is 5.26 Å². The normalized spacial score (nSPS) is 14.8. The van der Waals surface area contributed by atoms with E-state index in [2.05, 4.69) is 16.3 Å². The van der Waals surface area contributed by atoms with Crippen LogP contribution in [0.5, 0.6) is 17.4 Å². The van der Waals surface area contributed by atoms with E-state index in [1.165, 1.54) is 12.1 Å². The lowest BCUT2D eigenvalue weighted by molar-refractivity contribution is 0.284. The number of nitrogens with one attached hydrogen (secondary N) is 1. The van der Waals surface area contributed by atoms with Crippen LogP contribution in [0.4, 0.5) is 4.39 Å². The molecule has 1 atom stereocenters. The zero-order valence-corrected chi connectivity index (χ0v) is 18.9. The second-order valence-electron chi connectivity index (χ2n) is 7.54. The number of thiophene rings is 1. The number of H-pyrrole nitrogens is 1. The number of methoxy groups -OCH3 is 1. The fourth-order valence-electron chi connectivity index (χ4n) is 3.91. The lowest BCUT2D eigenvalue weighted by Gasteiger charge is -2.24.